The van der Waals surface area contributed by atoms with Crippen molar-refractivity contribution in [3.63, 3.8) is 0 Å². The Morgan fingerprint density at radius 2 is 1.90 bits per heavy atom. The second-order valence-electron chi connectivity index (χ2n) is 4.33. The van der Waals surface area contributed by atoms with Gasteiger partial charge in [0.25, 0.3) is 0 Å². The Bertz CT molecular complexity index is 579. The third-order valence-corrected chi connectivity index (χ3v) is 2.80. The fourth-order valence-corrected chi connectivity index (χ4v) is 1.80. The number of nitrogens with one attached hydrogen (secondary N) is 2. The van der Waals surface area contributed by atoms with Crippen LogP contribution in [0.15, 0.2) is 34.7 Å². The molecule has 1 aromatic heterocycles. The first-order chi connectivity index (χ1) is 9.69. The Labute approximate surface area is 128 Å². The van der Waals surface area contributed by atoms with Gasteiger partial charge in [0.1, 0.15) is 11.3 Å². The third kappa shape index (κ3) is 5.09. The van der Waals surface area contributed by atoms with Gasteiger partial charge in [0.05, 0.1) is 13.1 Å². The van der Waals surface area contributed by atoms with Crippen LogP contribution in [0.25, 0.3) is 11.0 Å². The molecule has 2 amide bonds. The first-order valence-corrected chi connectivity index (χ1v) is 6.40. The molecule has 0 fully saturated rings. The van der Waals surface area contributed by atoms with E-state index < -0.39 is 0 Å². The summed E-state index contributed by atoms with van der Waals surface area (Å²) in [5.41, 5.74) is 5.95. The van der Waals surface area contributed by atoms with Crippen LogP contribution in [0, 0.1) is 0 Å². The highest BCUT2D eigenvalue weighted by Crippen LogP contribution is 2.18. The number of benzene rings is 1. The number of carbonyl (C=O) groups is 2. The van der Waals surface area contributed by atoms with Crippen molar-refractivity contribution in [3.05, 3.63) is 36.1 Å². The van der Waals surface area contributed by atoms with E-state index in [2.05, 4.69) is 10.6 Å². The zero-order chi connectivity index (χ0) is 14.4. The van der Waals surface area contributed by atoms with Gasteiger partial charge >= 0.3 is 0 Å². The van der Waals surface area contributed by atoms with Gasteiger partial charge in [0.15, 0.2) is 0 Å². The Kier molecular flexibility index (Phi) is 6.71. The molecule has 1 heterocycles. The van der Waals surface area contributed by atoms with Gasteiger partial charge in [0.2, 0.25) is 11.8 Å². The quantitative estimate of drug-likeness (QED) is 0.727. The maximum absolute atomic E-state index is 11.4. The van der Waals surface area contributed by atoms with Crippen molar-refractivity contribution in [2.45, 2.75) is 6.42 Å². The van der Waals surface area contributed by atoms with Crippen LogP contribution in [0.3, 0.4) is 0 Å². The van der Waals surface area contributed by atoms with Crippen LogP contribution in [0.2, 0.25) is 0 Å². The van der Waals surface area contributed by atoms with Gasteiger partial charge in [-0.25, -0.2) is 0 Å². The van der Waals surface area contributed by atoms with E-state index in [1.54, 1.807) is 0 Å². The topological polar surface area (TPSA) is 97.4 Å². The third-order valence-electron chi connectivity index (χ3n) is 2.80. The summed E-state index contributed by atoms with van der Waals surface area (Å²) in [6.45, 7) is 0.277. The minimum absolute atomic E-state index is 0. The number of carbonyl (C=O) groups excluding carboxylic acids is 2. The molecule has 1 aromatic carbocycles. The van der Waals surface area contributed by atoms with Gasteiger partial charge in [-0.15, -0.1) is 12.4 Å². The fourth-order valence-electron chi connectivity index (χ4n) is 1.80. The largest absolute Gasteiger partial charge is 0.461 e. The molecular weight excluding hydrogens is 294 g/mol. The number of rotatable bonds is 6. The van der Waals surface area contributed by atoms with Crippen LogP contribution >= 0.6 is 12.4 Å². The number of nitrogens with two attached hydrogens (primary N) is 1. The average molecular weight is 312 g/mol. The predicted octanol–water partition coefficient (Wildman–Crippen LogP) is 0.588. The average Bonchev–Trinajstić information content (AvgIpc) is 2.87. The SMILES string of the molecule is Cl.NCC(=O)NCC(=O)NCCc1cc2ccccc2o1. The lowest BCUT2D eigenvalue weighted by Crippen LogP contribution is -2.40. The van der Waals surface area contributed by atoms with Gasteiger partial charge in [-0.2, -0.15) is 0 Å². The molecule has 114 valence electrons. The molecule has 0 radical (unpaired) electrons. The summed E-state index contributed by atoms with van der Waals surface area (Å²) in [7, 11) is 0. The molecule has 0 bridgehead atoms. The highest BCUT2D eigenvalue weighted by Gasteiger charge is 2.05. The zero-order valence-electron chi connectivity index (χ0n) is 11.4. The molecule has 0 saturated heterocycles. The molecule has 2 rings (SSSR count). The minimum Gasteiger partial charge on any atom is -0.461 e. The first-order valence-electron chi connectivity index (χ1n) is 6.40. The summed E-state index contributed by atoms with van der Waals surface area (Å²) in [5.74, 6) is 0.220. The predicted molar refractivity (Wildman–Crippen MR) is 82.2 cm³/mol. The van der Waals surface area contributed by atoms with Gasteiger partial charge in [-0.3, -0.25) is 9.59 Å². The highest BCUT2D eigenvalue weighted by molar-refractivity contribution is 5.85. The molecule has 0 aliphatic heterocycles. The van der Waals surface area contributed by atoms with Crippen molar-refractivity contribution in [2.24, 2.45) is 5.73 Å². The molecule has 4 N–H and O–H groups in total. The Hall–Kier alpha value is -2.05. The molecule has 0 atom stereocenters. The molecule has 0 spiro atoms. The van der Waals surface area contributed by atoms with Gasteiger partial charge in [0, 0.05) is 18.4 Å². The molecule has 6 nitrogen and oxygen atoms in total. The Morgan fingerprint density at radius 1 is 1.14 bits per heavy atom. The van der Waals surface area contributed by atoms with Crippen molar-refractivity contribution in [1.82, 2.24) is 10.6 Å². The number of amides is 2. The highest BCUT2D eigenvalue weighted by atomic mass is 35.5. The number of hydrogen-bond donors (Lipinski definition) is 3. The zero-order valence-corrected chi connectivity index (χ0v) is 12.2. The van der Waals surface area contributed by atoms with E-state index in [0.717, 1.165) is 16.7 Å². The summed E-state index contributed by atoms with van der Waals surface area (Å²) in [4.78, 5) is 22.3. The van der Waals surface area contributed by atoms with E-state index in [1.807, 2.05) is 30.3 Å². The fraction of sp³-hybridized carbons (Fsp3) is 0.286. The van der Waals surface area contributed by atoms with Crippen molar-refractivity contribution in [3.8, 4) is 0 Å². The van der Waals surface area contributed by atoms with E-state index in [-0.39, 0.29) is 37.3 Å². The lowest BCUT2D eigenvalue weighted by molar-refractivity contribution is -0.125. The van der Waals surface area contributed by atoms with Gasteiger partial charge in [-0.05, 0) is 12.1 Å². The maximum atomic E-state index is 11.4. The van der Waals surface area contributed by atoms with E-state index in [9.17, 15) is 9.59 Å². The number of furan rings is 1. The van der Waals surface area contributed by atoms with E-state index in [0.29, 0.717) is 13.0 Å². The van der Waals surface area contributed by atoms with E-state index in [1.165, 1.54) is 0 Å². The van der Waals surface area contributed by atoms with Gasteiger partial charge in [-0.1, -0.05) is 18.2 Å². The standard InChI is InChI=1S/C14H17N3O3.ClH/c15-8-13(18)17-9-14(19)16-6-5-11-7-10-3-1-2-4-12(10)20-11;/h1-4,7H,5-6,8-9,15H2,(H,16,19)(H,17,18);1H. The van der Waals surface area contributed by atoms with Crippen molar-refractivity contribution < 1.29 is 14.0 Å². The van der Waals surface area contributed by atoms with E-state index in [4.69, 9.17) is 10.2 Å². The second kappa shape index (κ2) is 8.28. The van der Waals surface area contributed by atoms with Crippen LogP contribution in [0.1, 0.15) is 5.76 Å². The summed E-state index contributed by atoms with van der Waals surface area (Å²) in [6.07, 6.45) is 0.602. The second-order valence-corrected chi connectivity index (χ2v) is 4.33. The Morgan fingerprint density at radius 3 is 2.62 bits per heavy atom. The monoisotopic (exact) mass is 311 g/mol. The maximum Gasteiger partial charge on any atom is 0.239 e. The number of hydrogen-bond acceptors (Lipinski definition) is 4. The van der Waals surface area contributed by atoms with Crippen LogP contribution in [0.5, 0.6) is 0 Å². The minimum atomic E-state index is -0.350. The Balaban J connectivity index is 0.00000220. The molecule has 21 heavy (non-hydrogen) atoms. The molecule has 0 saturated carbocycles. The molecule has 0 unspecified atom stereocenters. The van der Waals surface area contributed by atoms with Crippen LogP contribution < -0.4 is 16.4 Å². The van der Waals surface area contributed by atoms with Crippen LogP contribution in [0.4, 0.5) is 0 Å². The normalized spacial score (nSPS) is 9.95. The van der Waals surface area contributed by atoms with E-state index >= 15 is 0 Å². The summed E-state index contributed by atoms with van der Waals surface area (Å²) in [6, 6.07) is 9.70. The molecular formula is C14H18ClN3O3. The van der Waals surface area contributed by atoms with Crippen LogP contribution in [-0.4, -0.2) is 31.4 Å². The van der Waals surface area contributed by atoms with Crippen LogP contribution in [-0.2, 0) is 16.0 Å². The number of para-hydroxylation sites is 1. The lowest BCUT2D eigenvalue weighted by Gasteiger charge is -2.04. The van der Waals surface area contributed by atoms with Crippen molar-refractivity contribution >= 4 is 35.2 Å². The summed E-state index contributed by atoms with van der Waals surface area (Å²) in [5, 5.41) is 6.15. The summed E-state index contributed by atoms with van der Waals surface area (Å²) >= 11 is 0. The summed E-state index contributed by atoms with van der Waals surface area (Å²) < 4.78 is 5.63. The lowest BCUT2D eigenvalue weighted by atomic mass is 10.2. The number of halogens is 1. The number of fused-ring (bicyclic) bond motifs is 1. The molecule has 7 heteroatoms. The first kappa shape index (κ1) is 17.0. The van der Waals surface area contributed by atoms with Gasteiger partial charge < -0.3 is 20.8 Å². The molecule has 2 aromatic rings. The molecule has 0 aliphatic carbocycles. The van der Waals surface area contributed by atoms with Crippen molar-refractivity contribution in [1.29, 1.82) is 0 Å². The van der Waals surface area contributed by atoms with Crippen molar-refractivity contribution in [2.75, 3.05) is 19.6 Å². The smallest absolute Gasteiger partial charge is 0.239 e. The molecule has 0 aliphatic rings.